The van der Waals surface area contributed by atoms with E-state index in [0.717, 1.165) is 12.5 Å². The molecule has 0 spiro atoms. The first-order chi connectivity index (χ1) is 8.94. The fourth-order valence-electron chi connectivity index (χ4n) is 2.15. The number of nitrogens with two attached hydrogens (primary N) is 1. The number of halogens is 1. The van der Waals surface area contributed by atoms with E-state index in [1.165, 1.54) is 12.1 Å². The number of anilines is 1. The predicted molar refractivity (Wildman–Crippen MR) is 67.3 cm³/mol. The number of carboxylic acids is 1. The lowest BCUT2D eigenvalue weighted by atomic mass is 9.69. The summed E-state index contributed by atoms with van der Waals surface area (Å²) in [6, 6.07) is 3.84. The van der Waals surface area contributed by atoms with E-state index in [2.05, 4.69) is 5.32 Å². The zero-order valence-corrected chi connectivity index (χ0v) is 10.3. The molecule has 1 amide bonds. The van der Waals surface area contributed by atoms with Gasteiger partial charge in [0, 0.05) is 12.1 Å². The van der Waals surface area contributed by atoms with Crippen LogP contribution in [0.15, 0.2) is 18.2 Å². The molecule has 1 saturated carbocycles. The van der Waals surface area contributed by atoms with Crippen molar-refractivity contribution < 1.29 is 19.1 Å². The first-order valence-electron chi connectivity index (χ1n) is 6.01. The van der Waals surface area contributed by atoms with Crippen LogP contribution in [-0.4, -0.2) is 23.5 Å². The van der Waals surface area contributed by atoms with E-state index in [4.69, 9.17) is 10.8 Å². The topological polar surface area (TPSA) is 92.4 Å². The lowest BCUT2D eigenvalue weighted by molar-refractivity contribution is -0.153. The smallest absolute Gasteiger partial charge is 0.311 e. The molecule has 0 aliphatic heterocycles. The molecule has 2 rings (SSSR count). The second-order valence-electron chi connectivity index (χ2n) is 4.85. The van der Waals surface area contributed by atoms with Crippen LogP contribution in [0.2, 0.25) is 0 Å². The number of carboxylic acid groups (broad SMARTS) is 1. The number of hydrogen-bond acceptors (Lipinski definition) is 3. The molecule has 1 fully saturated rings. The van der Waals surface area contributed by atoms with Gasteiger partial charge in [0.1, 0.15) is 5.82 Å². The van der Waals surface area contributed by atoms with Crippen molar-refractivity contribution in [1.29, 1.82) is 0 Å². The van der Waals surface area contributed by atoms with Crippen LogP contribution in [0.4, 0.5) is 10.1 Å². The molecule has 1 aromatic carbocycles. The highest BCUT2D eigenvalue weighted by Crippen LogP contribution is 2.41. The molecule has 19 heavy (non-hydrogen) atoms. The Labute approximate surface area is 109 Å². The Balaban J connectivity index is 2.08. The number of aliphatic carboxylic acids is 1. The SMILES string of the molecule is NC(=O)c1ccc(NCC2(C(=O)O)CCC2)c(F)c1. The molecule has 5 nitrogen and oxygen atoms in total. The van der Waals surface area contributed by atoms with Gasteiger partial charge >= 0.3 is 5.97 Å². The maximum atomic E-state index is 13.7. The molecule has 4 N–H and O–H groups in total. The van der Waals surface area contributed by atoms with Gasteiger partial charge in [-0.05, 0) is 31.0 Å². The minimum Gasteiger partial charge on any atom is -0.481 e. The molecule has 0 unspecified atom stereocenters. The van der Waals surface area contributed by atoms with Gasteiger partial charge in [0.2, 0.25) is 5.91 Å². The number of hydrogen-bond donors (Lipinski definition) is 3. The Hall–Kier alpha value is -2.11. The lowest BCUT2D eigenvalue weighted by Gasteiger charge is -2.37. The zero-order chi connectivity index (χ0) is 14.0. The van der Waals surface area contributed by atoms with E-state index >= 15 is 0 Å². The molecule has 0 heterocycles. The van der Waals surface area contributed by atoms with Crippen molar-refractivity contribution in [2.24, 2.45) is 11.1 Å². The Kier molecular flexibility index (Phi) is 3.42. The molecule has 0 radical (unpaired) electrons. The van der Waals surface area contributed by atoms with E-state index in [1.807, 2.05) is 0 Å². The van der Waals surface area contributed by atoms with E-state index < -0.39 is 23.1 Å². The van der Waals surface area contributed by atoms with Crippen LogP contribution in [0.3, 0.4) is 0 Å². The van der Waals surface area contributed by atoms with Gasteiger partial charge < -0.3 is 16.2 Å². The predicted octanol–water partition coefficient (Wildman–Crippen LogP) is 1.59. The number of rotatable bonds is 5. The lowest BCUT2D eigenvalue weighted by Crippen LogP contribution is -2.43. The van der Waals surface area contributed by atoms with E-state index in [0.29, 0.717) is 12.8 Å². The molecule has 0 atom stereocenters. The average Bonchev–Trinajstić information content (AvgIpc) is 2.28. The van der Waals surface area contributed by atoms with Gasteiger partial charge in [-0.25, -0.2) is 4.39 Å². The molecule has 0 bridgehead atoms. The van der Waals surface area contributed by atoms with Crippen LogP contribution in [0, 0.1) is 11.2 Å². The highest BCUT2D eigenvalue weighted by Gasteiger charge is 2.44. The Morgan fingerprint density at radius 2 is 2.11 bits per heavy atom. The van der Waals surface area contributed by atoms with Crippen LogP contribution in [0.5, 0.6) is 0 Å². The molecular weight excluding hydrogens is 251 g/mol. The summed E-state index contributed by atoms with van der Waals surface area (Å²) in [5.74, 6) is -2.18. The molecule has 1 aromatic rings. The molecule has 1 aliphatic rings. The van der Waals surface area contributed by atoms with Gasteiger partial charge in [0.15, 0.2) is 0 Å². The first-order valence-corrected chi connectivity index (χ1v) is 6.01. The van der Waals surface area contributed by atoms with E-state index in [9.17, 15) is 14.0 Å². The van der Waals surface area contributed by atoms with Gasteiger partial charge in [-0.1, -0.05) is 6.42 Å². The zero-order valence-electron chi connectivity index (χ0n) is 10.3. The second kappa shape index (κ2) is 4.87. The van der Waals surface area contributed by atoms with Crippen molar-refractivity contribution in [1.82, 2.24) is 0 Å². The summed E-state index contributed by atoms with van der Waals surface area (Å²) in [6.45, 7) is 0.176. The monoisotopic (exact) mass is 266 g/mol. The van der Waals surface area contributed by atoms with Crippen LogP contribution < -0.4 is 11.1 Å². The Bertz CT molecular complexity index is 527. The van der Waals surface area contributed by atoms with Gasteiger partial charge in [0.05, 0.1) is 11.1 Å². The largest absolute Gasteiger partial charge is 0.481 e. The van der Waals surface area contributed by atoms with Gasteiger partial charge in [-0.15, -0.1) is 0 Å². The summed E-state index contributed by atoms with van der Waals surface area (Å²) < 4.78 is 13.7. The van der Waals surface area contributed by atoms with Crippen LogP contribution >= 0.6 is 0 Å². The van der Waals surface area contributed by atoms with Crippen molar-refractivity contribution >= 4 is 17.6 Å². The number of carbonyl (C=O) groups is 2. The van der Waals surface area contributed by atoms with E-state index in [1.54, 1.807) is 0 Å². The maximum absolute atomic E-state index is 13.7. The van der Waals surface area contributed by atoms with Gasteiger partial charge in [-0.2, -0.15) is 0 Å². The summed E-state index contributed by atoms with van der Waals surface area (Å²) in [5, 5.41) is 11.9. The molecule has 0 saturated heterocycles. The van der Waals surface area contributed by atoms with Crippen molar-refractivity contribution in [3.8, 4) is 0 Å². The third kappa shape index (κ3) is 2.52. The molecule has 6 heteroatoms. The minimum absolute atomic E-state index is 0.0830. The normalized spacial score (nSPS) is 16.5. The molecular formula is C13H15FN2O3. The van der Waals surface area contributed by atoms with Crippen molar-refractivity contribution in [3.63, 3.8) is 0 Å². The van der Waals surface area contributed by atoms with Crippen molar-refractivity contribution in [2.45, 2.75) is 19.3 Å². The number of amides is 1. The minimum atomic E-state index is -0.861. The second-order valence-corrected chi connectivity index (χ2v) is 4.85. The highest BCUT2D eigenvalue weighted by molar-refractivity contribution is 5.93. The van der Waals surface area contributed by atoms with Gasteiger partial charge in [-0.3, -0.25) is 9.59 Å². The third-order valence-corrected chi connectivity index (χ3v) is 3.64. The number of carbonyl (C=O) groups excluding carboxylic acids is 1. The maximum Gasteiger partial charge on any atom is 0.311 e. The summed E-state index contributed by atoms with van der Waals surface area (Å²) >= 11 is 0. The Morgan fingerprint density at radius 3 is 2.53 bits per heavy atom. The highest BCUT2D eigenvalue weighted by atomic mass is 19.1. The number of primary amides is 1. The Morgan fingerprint density at radius 1 is 1.42 bits per heavy atom. The number of nitrogens with one attached hydrogen (secondary N) is 1. The number of benzene rings is 1. The van der Waals surface area contributed by atoms with Crippen LogP contribution in [0.25, 0.3) is 0 Å². The summed E-state index contributed by atoms with van der Waals surface area (Å²) in [4.78, 5) is 22.0. The summed E-state index contributed by atoms with van der Waals surface area (Å²) in [5.41, 5.74) is 4.51. The van der Waals surface area contributed by atoms with Crippen molar-refractivity contribution in [3.05, 3.63) is 29.6 Å². The third-order valence-electron chi connectivity index (χ3n) is 3.64. The molecule has 1 aliphatic carbocycles. The van der Waals surface area contributed by atoms with Crippen LogP contribution in [-0.2, 0) is 4.79 Å². The molecule has 0 aromatic heterocycles. The first kappa shape index (κ1) is 13.3. The summed E-state index contributed by atoms with van der Waals surface area (Å²) in [7, 11) is 0. The average molecular weight is 266 g/mol. The fourth-order valence-corrected chi connectivity index (χ4v) is 2.15. The van der Waals surface area contributed by atoms with Crippen molar-refractivity contribution in [2.75, 3.05) is 11.9 Å². The quantitative estimate of drug-likeness (QED) is 0.754. The summed E-state index contributed by atoms with van der Waals surface area (Å²) in [6.07, 6.45) is 2.06. The standard InChI is InChI=1S/C13H15FN2O3/c14-9-6-8(11(15)17)2-3-10(9)16-7-13(12(18)19)4-1-5-13/h2-3,6,16H,1,4-5,7H2,(H2,15,17)(H,18,19). The van der Waals surface area contributed by atoms with E-state index in [-0.39, 0.29) is 17.8 Å². The van der Waals surface area contributed by atoms with Gasteiger partial charge in [0.25, 0.3) is 0 Å². The molecule has 102 valence electrons. The fraction of sp³-hybridized carbons (Fsp3) is 0.385. The van der Waals surface area contributed by atoms with Crippen LogP contribution in [0.1, 0.15) is 29.6 Å².